The maximum Gasteiger partial charge on any atom is 0.182 e. The van der Waals surface area contributed by atoms with Crippen molar-refractivity contribution in [3.05, 3.63) is 102 Å². The monoisotopic (exact) mass is 341 g/mol. The van der Waals surface area contributed by atoms with Crippen LogP contribution in [-0.2, 0) is 13.1 Å². The molecule has 0 unspecified atom stereocenters. The molecule has 0 spiro atoms. The minimum absolute atomic E-state index is 0.128. The molecule has 0 bridgehead atoms. The van der Waals surface area contributed by atoms with Crippen LogP contribution >= 0.6 is 0 Å². The minimum atomic E-state index is 0.128. The fraction of sp³-hybridized carbons (Fsp3) is 0.130. The number of hydrogen-bond acceptors (Lipinski definition) is 1. The summed E-state index contributed by atoms with van der Waals surface area (Å²) in [6.07, 6.45) is 6.20. The summed E-state index contributed by atoms with van der Waals surface area (Å²) in [5.74, 6) is 0.128. The number of aryl methyl sites for hydroxylation is 1. The lowest BCUT2D eigenvalue weighted by molar-refractivity contribution is -0.687. The van der Waals surface area contributed by atoms with Crippen molar-refractivity contribution in [2.45, 2.75) is 20.0 Å². The van der Waals surface area contributed by atoms with Crippen molar-refractivity contribution < 1.29 is 9.36 Å². The Kier molecular flexibility index (Phi) is 4.36. The van der Waals surface area contributed by atoms with Gasteiger partial charge in [0.2, 0.25) is 0 Å². The van der Waals surface area contributed by atoms with Crippen LogP contribution in [0.5, 0.6) is 0 Å². The van der Waals surface area contributed by atoms with E-state index in [0.29, 0.717) is 6.54 Å². The van der Waals surface area contributed by atoms with Crippen LogP contribution in [0, 0.1) is 6.92 Å². The third-order valence-corrected chi connectivity index (χ3v) is 4.66. The Balaban J connectivity index is 1.55. The van der Waals surface area contributed by atoms with Gasteiger partial charge in [0.05, 0.1) is 17.4 Å². The summed E-state index contributed by atoms with van der Waals surface area (Å²) in [4.78, 5) is 12.5. The predicted molar refractivity (Wildman–Crippen MR) is 103 cm³/mol. The largest absolute Gasteiger partial charge is 0.339 e. The first-order chi connectivity index (χ1) is 12.7. The molecule has 0 aliphatic heterocycles. The van der Waals surface area contributed by atoms with Crippen molar-refractivity contribution >= 4 is 16.7 Å². The highest BCUT2D eigenvalue weighted by atomic mass is 16.1. The van der Waals surface area contributed by atoms with Crippen molar-refractivity contribution in [2.24, 2.45) is 0 Å². The zero-order valence-corrected chi connectivity index (χ0v) is 14.8. The van der Waals surface area contributed by atoms with E-state index in [0.717, 1.165) is 28.6 Å². The van der Waals surface area contributed by atoms with Gasteiger partial charge in [0.25, 0.3) is 0 Å². The van der Waals surface area contributed by atoms with E-state index in [2.05, 4.69) is 53.4 Å². The number of Topliss-reactive ketones (excluding diaryl/α,β-unsaturated/α-hetero) is 1. The van der Waals surface area contributed by atoms with E-state index in [1.54, 1.807) is 0 Å². The molecule has 2 aromatic heterocycles. The zero-order valence-electron chi connectivity index (χ0n) is 14.8. The summed E-state index contributed by atoms with van der Waals surface area (Å²) >= 11 is 0. The van der Waals surface area contributed by atoms with E-state index < -0.39 is 0 Å². The third kappa shape index (κ3) is 3.42. The maximum absolute atomic E-state index is 12.5. The van der Waals surface area contributed by atoms with Crippen molar-refractivity contribution in [3.63, 3.8) is 0 Å². The van der Waals surface area contributed by atoms with Gasteiger partial charge in [-0.25, -0.2) is 4.57 Å². The van der Waals surface area contributed by atoms with Gasteiger partial charge in [-0.1, -0.05) is 60.2 Å². The lowest BCUT2D eigenvalue weighted by Gasteiger charge is -2.05. The second-order valence-corrected chi connectivity index (χ2v) is 6.68. The fourth-order valence-electron chi connectivity index (χ4n) is 3.21. The van der Waals surface area contributed by atoms with E-state index in [4.69, 9.17) is 0 Å². The molecule has 0 fully saturated rings. The third-order valence-electron chi connectivity index (χ3n) is 4.66. The number of carbonyl (C=O) groups is 1. The average Bonchev–Trinajstić information content (AvgIpc) is 3.05. The van der Waals surface area contributed by atoms with Crippen molar-refractivity contribution in [3.8, 4) is 0 Å². The number of carbonyl (C=O) groups excluding carboxylic acids is 1. The van der Waals surface area contributed by atoms with Crippen LogP contribution in [0.15, 0.2) is 85.3 Å². The lowest BCUT2D eigenvalue weighted by atomic mass is 10.1. The van der Waals surface area contributed by atoms with Gasteiger partial charge < -0.3 is 4.57 Å². The van der Waals surface area contributed by atoms with Gasteiger partial charge in [0.1, 0.15) is 0 Å². The van der Waals surface area contributed by atoms with Crippen LogP contribution < -0.4 is 4.57 Å². The average molecular weight is 341 g/mol. The van der Waals surface area contributed by atoms with Crippen LogP contribution in [0.25, 0.3) is 10.9 Å². The van der Waals surface area contributed by atoms with Crippen molar-refractivity contribution in [2.75, 3.05) is 0 Å². The van der Waals surface area contributed by atoms with Crippen LogP contribution in [0.4, 0.5) is 0 Å². The number of rotatable bonds is 5. The van der Waals surface area contributed by atoms with Crippen molar-refractivity contribution in [1.29, 1.82) is 0 Å². The Bertz CT molecular complexity index is 1050. The molecule has 3 nitrogen and oxygen atoms in total. The summed E-state index contributed by atoms with van der Waals surface area (Å²) in [5.41, 5.74) is 4.27. The molecule has 0 saturated heterocycles. The van der Waals surface area contributed by atoms with E-state index in [1.807, 2.05) is 48.0 Å². The van der Waals surface area contributed by atoms with Gasteiger partial charge in [0.15, 0.2) is 24.7 Å². The Morgan fingerprint density at radius 1 is 0.962 bits per heavy atom. The van der Waals surface area contributed by atoms with Crippen LogP contribution in [-0.4, -0.2) is 10.4 Å². The van der Waals surface area contributed by atoms with Gasteiger partial charge in [-0.15, -0.1) is 0 Å². The lowest BCUT2D eigenvalue weighted by Crippen LogP contribution is -2.33. The first-order valence-corrected chi connectivity index (χ1v) is 8.81. The van der Waals surface area contributed by atoms with E-state index in [9.17, 15) is 4.79 Å². The van der Waals surface area contributed by atoms with Crippen LogP contribution in [0.1, 0.15) is 21.5 Å². The van der Waals surface area contributed by atoms with E-state index in [1.165, 1.54) is 5.56 Å². The highest BCUT2D eigenvalue weighted by molar-refractivity contribution is 5.96. The van der Waals surface area contributed by atoms with Gasteiger partial charge in [0, 0.05) is 23.4 Å². The number of hydrogen-bond donors (Lipinski definition) is 0. The number of pyridine rings is 1. The van der Waals surface area contributed by atoms with Crippen molar-refractivity contribution in [1.82, 2.24) is 4.57 Å². The summed E-state index contributed by atoms with van der Waals surface area (Å²) in [6, 6.07) is 22.3. The normalized spacial score (nSPS) is 11.0. The zero-order chi connectivity index (χ0) is 17.9. The molecular weight excluding hydrogens is 320 g/mol. The second-order valence-electron chi connectivity index (χ2n) is 6.68. The van der Waals surface area contributed by atoms with E-state index in [-0.39, 0.29) is 5.78 Å². The molecule has 0 aliphatic carbocycles. The van der Waals surface area contributed by atoms with Crippen LogP contribution in [0.2, 0.25) is 0 Å². The van der Waals surface area contributed by atoms with Gasteiger partial charge >= 0.3 is 0 Å². The maximum atomic E-state index is 12.5. The second kappa shape index (κ2) is 6.96. The highest BCUT2D eigenvalue weighted by Gasteiger charge is 2.11. The quantitative estimate of drug-likeness (QED) is 0.395. The molecule has 0 atom stereocenters. The summed E-state index contributed by atoms with van der Waals surface area (Å²) < 4.78 is 4.19. The molecule has 0 aliphatic rings. The first-order valence-electron chi connectivity index (χ1n) is 8.81. The predicted octanol–water partition coefficient (Wildman–Crippen LogP) is 4.17. The molecule has 0 N–H and O–H groups in total. The molecule has 0 saturated carbocycles. The molecule has 2 heterocycles. The van der Waals surface area contributed by atoms with E-state index >= 15 is 0 Å². The minimum Gasteiger partial charge on any atom is -0.339 e. The number of ketones is 1. The Morgan fingerprint density at radius 3 is 2.50 bits per heavy atom. The number of fused-ring (bicyclic) bond motifs is 1. The summed E-state index contributed by atoms with van der Waals surface area (Å²) in [7, 11) is 0. The summed E-state index contributed by atoms with van der Waals surface area (Å²) in [6.45, 7) is 3.22. The molecule has 2 aromatic carbocycles. The number of benzene rings is 2. The molecule has 26 heavy (non-hydrogen) atoms. The van der Waals surface area contributed by atoms with Gasteiger partial charge in [-0.2, -0.15) is 0 Å². The SMILES string of the molecule is Cc1ccc(C(=O)Cn2ccc3c[n+](Cc4ccccc4)ccc32)cc1. The first kappa shape index (κ1) is 16.3. The van der Waals surface area contributed by atoms with Crippen LogP contribution in [0.3, 0.4) is 0 Å². The highest BCUT2D eigenvalue weighted by Crippen LogP contribution is 2.15. The van der Waals surface area contributed by atoms with Gasteiger partial charge in [-0.05, 0) is 13.0 Å². The molecule has 4 aromatic rings. The molecule has 4 rings (SSSR count). The molecule has 0 radical (unpaired) electrons. The molecule has 128 valence electrons. The smallest absolute Gasteiger partial charge is 0.182 e. The molecule has 0 amide bonds. The molecular formula is C23H21N2O+. The Labute approximate surface area is 153 Å². The van der Waals surface area contributed by atoms with Gasteiger partial charge in [-0.3, -0.25) is 4.79 Å². The Morgan fingerprint density at radius 2 is 1.73 bits per heavy atom. The number of aromatic nitrogens is 2. The Hall–Kier alpha value is -3.20. The number of nitrogens with zero attached hydrogens (tertiary/aromatic N) is 2. The molecule has 3 heteroatoms. The summed E-state index contributed by atoms with van der Waals surface area (Å²) in [5, 5.41) is 1.14. The standard InChI is InChI=1S/C23H21N2O/c1-18-7-9-20(10-8-18)23(26)17-25-14-11-21-16-24(13-12-22(21)25)15-19-5-3-2-4-6-19/h2-14,16H,15,17H2,1H3/q+1. The fourth-order valence-corrected chi connectivity index (χ4v) is 3.21. The topological polar surface area (TPSA) is 25.9 Å².